The van der Waals surface area contributed by atoms with Crippen LogP contribution in [0.3, 0.4) is 0 Å². The van der Waals surface area contributed by atoms with Gasteiger partial charge in [0, 0.05) is 30.1 Å². The summed E-state index contributed by atoms with van der Waals surface area (Å²) in [4.78, 5) is 18.3. The first-order valence-corrected chi connectivity index (χ1v) is 16.0. The number of carbonyl (C=O) groups is 1. The molecule has 4 aromatic rings. The molecule has 4 fully saturated rings. The summed E-state index contributed by atoms with van der Waals surface area (Å²) in [6.45, 7) is 2.18. The fourth-order valence-electron chi connectivity index (χ4n) is 7.68. The SMILES string of the molecule is O=C(O)c1cc(F)c2nc(N3CC4CCC(C3)C43CC(OCc4c(-c5c(Cl)cccc5Cl)noc4C4CC4)C3)sc2c1. The van der Waals surface area contributed by atoms with Crippen molar-refractivity contribution in [2.75, 3.05) is 18.0 Å². The van der Waals surface area contributed by atoms with E-state index in [2.05, 4.69) is 15.0 Å². The number of carboxylic acids is 1. The number of carboxylic acid groups (broad SMARTS) is 1. The number of anilines is 1. The van der Waals surface area contributed by atoms with E-state index in [0.717, 1.165) is 61.3 Å². The lowest BCUT2D eigenvalue weighted by Crippen LogP contribution is -2.57. The van der Waals surface area contributed by atoms with E-state index in [4.69, 9.17) is 32.5 Å². The lowest BCUT2D eigenvalue weighted by atomic mass is 9.55. The molecule has 218 valence electrons. The van der Waals surface area contributed by atoms with Gasteiger partial charge in [-0.2, -0.15) is 0 Å². The maximum absolute atomic E-state index is 14.6. The standard InChI is InChI=1S/C31H28Cl2FN3O4S/c32-21-2-1-3-22(33)25(21)26-20(28(41-36-26)15-4-5-15)14-40-19-10-31(11-19)17-6-7-18(31)13-37(12-17)30-35-27-23(34)8-16(29(38)39)9-24(27)42-30/h1-3,8-9,15,17-19H,4-7,10-14H2,(H,38,39). The highest BCUT2D eigenvalue weighted by atomic mass is 35.5. The highest BCUT2D eigenvalue weighted by Gasteiger charge is 2.60. The molecule has 4 aliphatic rings. The number of rotatable bonds is 7. The molecule has 3 saturated carbocycles. The van der Waals surface area contributed by atoms with Gasteiger partial charge in [0.15, 0.2) is 10.9 Å². The number of aromatic carboxylic acids is 1. The molecule has 1 aliphatic heterocycles. The molecule has 2 bridgehead atoms. The smallest absolute Gasteiger partial charge is 0.335 e. The van der Waals surface area contributed by atoms with E-state index in [1.54, 1.807) is 0 Å². The van der Waals surface area contributed by atoms with Crippen molar-refractivity contribution in [3.63, 3.8) is 0 Å². The van der Waals surface area contributed by atoms with Crippen molar-refractivity contribution in [3.05, 3.63) is 63.1 Å². The van der Waals surface area contributed by atoms with Crippen LogP contribution in [0.4, 0.5) is 9.52 Å². The summed E-state index contributed by atoms with van der Waals surface area (Å²) in [5.74, 6) is 0.606. The number of benzene rings is 2. The van der Waals surface area contributed by atoms with Gasteiger partial charge in [0.2, 0.25) is 0 Å². The third kappa shape index (κ3) is 4.26. The van der Waals surface area contributed by atoms with Crippen LogP contribution in [0.1, 0.15) is 66.1 Å². The minimum absolute atomic E-state index is 0.0501. The quantitative estimate of drug-likeness (QED) is 0.221. The third-order valence-corrected chi connectivity index (χ3v) is 11.7. The van der Waals surface area contributed by atoms with Crippen LogP contribution in [0.5, 0.6) is 0 Å². The van der Waals surface area contributed by atoms with Gasteiger partial charge in [0.05, 0.1) is 33.0 Å². The molecule has 3 aliphatic carbocycles. The Morgan fingerprint density at radius 1 is 1.14 bits per heavy atom. The first-order valence-electron chi connectivity index (χ1n) is 14.4. The average molecular weight is 629 g/mol. The molecule has 1 N–H and O–H groups in total. The zero-order valence-corrected chi connectivity index (χ0v) is 24.9. The highest BCUT2D eigenvalue weighted by Crippen LogP contribution is 2.63. The van der Waals surface area contributed by atoms with Crippen LogP contribution in [0.15, 0.2) is 34.9 Å². The summed E-state index contributed by atoms with van der Waals surface area (Å²) in [6.07, 6.45) is 6.74. The normalized spacial score (nSPS) is 26.7. The number of aromatic nitrogens is 2. The number of ether oxygens (including phenoxy) is 1. The second-order valence-corrected chi connectivity index (χ2v) is 14.1. The summed E-state index contributed by atoms with van der Waals surface area (Å²) >= 11 is 14.4. The van der Waals surface area contributed by atoms with Crippen molar-refractivity contribution < 1.29 is 23.6 Å². The Hall–Kier alpha value is -2.72. The molecule has 7 nitrogen and oxygen atoms in total. The summed E-state index contributed by atoms with van der Waals surface area (Å²) in [7, 11) is 0. The van der Waals surface area contributed by atoms with Crippen molar-refractivity contribution in [2.45, 2.75) is 57.2 Å². The van der Waals surface area contributed by atoms with E-state index in [1.807, 2.05) is 18.2 Å². The summed E-state index contributed by atoms with van der Waals surface area (Å²) < 4.78 is 27.5. The van der Waals surface area contributed by atoms with Gasteiger partial charge in [0.1, 0.15) is 17.0 Å². The van der Waals surface area contributed by atoms with Gasteiger partial charge in [-0.25, -0.2) is 14.2 Å². The molecule has 2 atom stereocenters. The molecule has 1 spiro atoms. The van der Waals surface area contributed by atoms with Crippen LogP contribution in [0.25, 0.3) is 21.5 Å². The van der Waals surface area contributed by atoms with Gasteiger partial charge in [-0.15, -0.1) is 0 Å². The lowest BCUT2D eigenvalue weighted by molar-refractivity contribution is -0.128. The van der Waals surface area contributed by atoms with Gasteiger partial charge in [0.25, 0.3) is 0 Å². The van der Waals surface area contributed by atoms with Crippen molar-refractivity contribution in [1.82, 2.24) is 10.1 Å². The molecule has 11 heteroatoms. The van der Waals surface area contributed by atoms with Gasteiger partial charge in [-0.1, -0.05) is 45.8 Å². The zero-order chi connectivity index (χ0) is 28.7. The molecule has 0 amide bonds. The Morgan fingerprint density at radius 2 is 1.86 bits per heavy atom. The van der Waals surface area contributed by atoms with Crippen LogP contribution >= 0.6 is 34.5 Å². The van der Waals surface area contributed by atoms with E-state index in [0.29, 0.717) is 50.4 Å². The Labute approximate surface area is 255 Å². The molecule has 2 aromatic heterocycles. The number of thiazole rings is 1. The van der Waals surface area contributed by atoms with Crippen LogP contribution in [-0.4, -0.2) is 40.4 Å². The number of hydrogen-bond acceptors (Lipinski definition) is 7. The maximum Gasteiger partial charge on any atom is 0.335 e. The summed E-state index contributed by atoms with van der Waals surface area (Å²) in [6, 6.07) is 8.02. The van der Waals surface area contributed by atoms with Gasteiger partial charge in [-0.05, 0) is 80.0 Å². The van der Waals surface area contributed by atoms with E-state index < -0.39 is 11.8 Å². The largest absolute Gasteiger partial charge is 0.478 e. The van der Waals surface area contributed by atoms with Crippen LogP contribution in [-0.2, 0) is 11.3 Å². The van der Waals surface area contributed by atoms with Gasteiger partial charge >= 0.3 is 5.97 Å². The molecule has 2 aromatic carbocycles. The number of hydrogen-bond donors (Lipinski definition) is 1. The number of fused-ring (bicyclic) bond motifs is 1. The number of piperidine rings is 1. The molecule has 1 saturated heterocycles. The first kappa shape index (κ1) is 26.9. The highest BCUT2D eigenvalue weighted by molar-refractivity contribution is 7.22. The summed E-state index contributed by atoms with van der Waals surface area (Å²) in [5.41, 5.74) is 2.80. The number of nitrogens with zero attached hydrogens (tertiary/aromatic N) is 3. The topological polar surface area (TPSA) is 88.7 Å². The van der Waals surface area contributed by atoms with Gasteiger partial charge in [-0.3, -0.25) is 0 Å². The maximum atomic E-state index is 14.6. The van der Waals surface area contributed by atoms with Gasteiger partial charge < -0.3 is 19.3 Å². The third-order valence-electron chi connectivity index (χ3n) is 9.97. The predicted octanol–water partition coefficient (Wildman–Crippen LogP) is 8.18. The fourth-order valence-corrected chi connectivity index (χ4v) is 9.29. The number of halogens is 3. The molecule has 0 radical (unpaired) electrons. The molecule has 2 unspecified atom stereocenters. The Bertz CT molecular complexity index is 1690. The van der Waals surface area contributed by atoms with E-state index in [-0.39, 0.29) is 22.6 Å². The second kappa shape index (κ2) is 9.91. The molecule has 8 rings (SSSR count). The van der Waals surface area contributed by atoms with Crippen LogP contribution < -0.4 is 4.90 Å². The zero-order valence-electron chi connectivity index (χ0n) is 22.6. The van der Waals surface area contributed by atoms with Crippen molar-refractivity contribution in [3.8, 4) is 11.3 Å². The molecule has 3 heterocycles. The van der Waals surface area contributed by atoms with E-state index >= 15 is 0 Å². The van der Waals surface area contributed by atoms with E-state index in [1.165, 1.54) is 30.2 Å². The van der Waals surface area contributed by atoms with Crippen molar-refractivity contribution >= 4 is 55.9 Å². The predicted molar refractivity (Wildman–Crippen MR) is 159 cm³/mol. The van der Waals surface area contributed by atoms with Crippen molar-refractivity contribution in [1.29, 1.82) is 0 Å². The first-order chi connectivity index (χ1) is 20.3. The fraction of sp³-hybridized carbons (Fsp3) is 0.452. The molecule has 42 heavy (non-hydrogen) atoms. The van der Waals surface area contributed by atoms with Crippen LogP contribution in [0.2, 0.25) is 10.0 Å². The average Bonchev–Trinajstić information content (AvgIpc) is 3.49. The van der Waals surface area contributed by atoms with E-state index in [9.17, 15) is 14.3 Å². The lowest BCUT2D eigenvalue weighted by Gasteiger charge is -2.56. The summed E-state index contributed by atoms with van der Waals surface area (Å²) in [5, 5.41) is 15.6. The Balaban J connectivity index is 0.969. The Morgan fingerprint density at radius 3 is 2.52 bits per heavy atom. The molecular weight excluding hydrogens is 600 g/mol. The van der Waals surface area contributed by atoms with Crippen molar-refractivity contribution in [2.24, 2.45) is 17.3 Å². The monoisotopic (exact) mass is 627 g/mol. The molecular formula is C31H28Cl2FN3O4S. The van der Waals surface area contributed by atoms with Crippen LogP contribution in [0, 0.1) is 23.1 Å². The second-order valence-electron chi connectivity index (χ2n) is 12.3. The minimum atomic E-state index is -1.14. The minimum Gasteiger partial charge on any atom is -0.478 e. The Kier molecular flexibility index (Phi) is 6.34.